The fraction of sp³-hybridized carbons (Fsp3) is 0.983. The summed E-state index contributed by atoms with van der Waals surface area (Å²) in [4.78, 5) is 13.2. The predicted octanol–water partition coefficient (Wildman–Crippen LogP) is 10.1. The van der Waals surface area contributed by atoms with E-state index in [2.05, 4.69) is 19.2 Å². The normalized spacial score (nSPS) is 25.5. The summed E-state index contributed by atoms with van der Waals surface area (Å²) in [6.07, 6.45) is 32.5. The van der Waals surface area contributed by atoms with E-state index in [9.17, 15) is 45.6 Å². The molecule has 14 heteroatoms. The maximum atomic E-state index is 13.2. The number of aliphatic hydroxyl groups is 8. The van der Waals surface area contributed by atoms with Crippen LogP contribution in [0.4, 0.5) is 0 Å². The first-order valence-corrected chi connectivity index (χ1v) is 30.3. The van der Waals surface area contributed by atoms with Crippen molar-refractivity contribution in [2.75, 3.05) is 19.8 Å². The first kappa shape index (κ1) is 67.1. The van der Waals surface area contributed by atoms with E-state index in [1.165, 1.54) is 193 Å². The van der Waals surface area contributed by atoms with E-state index in [4.69, 9.17) is 18.9 Å². The van der Waals surface area contributed by atoms with Crippen LogP contribution in [0.5, 0.6) is 0 Å². The van der Waals surface area contributed by atoms with E-state index in [1.807, 2.05) is 0 Å². The van der Waals surface area contributed by atoms with Gasteiger partial charge in [-0.2, -0.15) is 0 Å². The molecule has 428 valence electrons. The lowest BCUT2D eigenvalue weighted by Crippen LogP contribution is -2.65. The Balaban J connectivity index is 1.71. The molecule has 14 nitrogen and oxygen atoms in total. The van der Waals surface area contributed by atoms with E-state index in [-0.39, 0.29) is 12.5 Å². The average Bonchev–Trinajstić information content (AvgIpc) is 3.38. The quantitative estimate of drug-likeness (QED) is 0.0259. The highest BCUT2D eigenvalue weighted by atomic mass is 16.7. The Morgan fingerprint density at radius 2 is 0.792 bits per heavy atom. The predicted molar refractivity (Wildman–Crippen MR) is 286 cm³/mol. The summed E-state index contributed by atoms with van der Waals surface area (Å²) in [5, 5.41) is 87.2. The maximum absolute atomic E-state index is 13.2. The first-order valence-electron chi connectivity index (χ1n) is 30.3. The molecule has 0 saturated carbocycles. The van der Waals surface area contributed by atoms with Gasteiger partial charge in [-0.1, -0.05) is 251 Å². The molecule has 72 heavy (non-hydrogen) atoms. The number of carbonyl (C=O) groups excluding carboxylic acids is 1. The molecule has 2 rings (SSSR count). The van der Waals surface area contributed by atoms with Gasteiger partial charge in [0.25, 0.3) is 0 Å². The van der Waals surface area contributed by atoms with Gasteiger partial charge in [0.2, 0.25) is 5.91 Å². The summed E-state index contributed by atoms with van der Waals surface area (Å²) >= 11 is 0. The van der Waals surface area contributed by atoms with E-state index in [0.717, 1.165) is 51.4 Å². The molecule has 2 fully saturated rings. The molecule has 0 aromatic rings. The Hall–Kier alpha value is -1.01. The Bertz CT molecular complexity index is 1220. The van der Waals surface area contributed by atoms with Crippen molar-refractivity contribution in [2.45, 2.75) is 344 Å². The zero-order valence-corrected chi connectivity index (χ0v) is 46.0. The molecule has 12 atom stereocenters. The van der Waals surface area contributed by atoms with Gasteiger partial charge in [-0.05, 0) is 12.8 Å². The van der Waals surface area contributed by atoms with Crippen LogP contribution in [0.1, 0.15) is 271 Å². The topological polar surface area (TPSA) is 228 Å². The summed E-state index contributed by atoms with van der Waals surface area (Å²) < 4.78 is 22.8. The first-order chi connectivity index (χ1) is 35.1. The molecule has 0 aromatic carbocycles. The van der Waals surface area contributed by atoms with E-state index in [1.54, 1.807) is 0 Å². The SMILES string of the molecule is CCCCCCCCCCCCCCCCCCCCCCCCCCCC(O)C(COC1OC(CO)C(OC2OC(CO)C(O)C(O)C2O)C(O)C1O)NC(=O)CCCCCCCCCCCCCCC. The number of unbranched alkanes of at least 4 members (excludes halogenated alkanes) is 36. The minimum Gasteiger partial charge on any atom is -0.394 e. The van der Waals surface area contributed by atoms with Crippen LogP contribution in [-0.4, -0.2) is 140 Å². The van der Waals surface area contributed by atoms with Crippen LogP contribution in [0.15, 0.2) is 0 Å². The summed E-state index contributed by atoms with van der Waals surface area (Å²) in [5.41, 5.74) is 0. The van der Waals surface area contributed by atoms with Gasteiger partial charge in [0.1, 0.15) is 48.8 Å². The lowest BCUT2D eigenvalue weighted by atomic mass is 9.97. The number of hydrogen-bond donors (Lipinski definition) is 9. The molecule has 0 radical (unpaired) electrons. The van der Waals surface area contributed by atoms with Gasteiger partial charge in [0.05, 0.1) is 32.0 Å². The van der Waals surface area contributed by atoms with Crippen molar-refractivity contribution in [3.8, 4) is 0 Å². The molecule has 9 N–H and O–H groups in total. The number of rotatable bonds is 49. The van der Waals surface area contributed by atoms with Crippen molar-refractivity contribution < 1.29 is 64.6 Å². The van der Waals surface area contributed by atoms with Crippen LogP contribution < -0.4 is 5.32 Å². The van der Waals surface area contributed by atoms with Gasteiger partial charge >= 0.3 is 0 Å². The zero-order chi connectivity index (χ0) is 52.4. The molecule has 0 aliphatic carbocycles. The number of carbonyl (C=O) groups is 1. The third-order valence-electron chi connectivity index (χ3n) is 15.3. The van der Waals surface area contributed by atoms with E-state index in [0.29, 0.717) is 12.8 Å². The molecule has 0 spiro atoms. The second-order valence-electron chi connectivity index (χ2n) is 21.8. The minimum absolute atomic E-state index is 0.202. The molecule has 2 saturated heterocycles. The van der Waals surface area contributed by atoms with Crippen molar-refractivity contribution in [3.05, 3.63) is 0 Å². The summed E-state index contributed by atoms with van der Waals surface area (Å²) in [5.74, 6) is -0.202. The van der Waals surface area contributed by atoms with Crippen molar-refractivity contribution in [2.24, 2.45) is 0 Å². The summed E-state index contributed by atoms with van der Waals surface area (Å²) in [6, 6.07) is -0.822. The molecular formula is C58H113NO13. The third-order valence-corrected chi connectivity index (χ3v) is 15.3. The summed E-state index contributed by atoms with van der Waals surface area (Å²) in [7, 11) is 0. The molecule has 12 unspecified atom stereocenters. The van der Waals surface area contributed by atoms with Gasteiger partial charge in [0, 0.05) is 6.42 Å². The van der Waals surface area contributed by atoms with Gasteiger partial charge in [-0.15, -0.1) is 0 Å². The fourth-order valence-electron chi connectivity index (χ4n) is 10.4. The van der Waals surface area contributed by atoms with Gasteiger partial charge < -0.3 is 65.1 Å². The number of aliphatic hydroxyl groups excluding tert-OH is 8. The number of nitrogens with one attached hydrogen (secondary N) is 1. The van der Waals surface area contributed by atoms with Crippen molar-refractivity contribution in [3.63, 3.8) is 0 Å². The van der Waals surface area contributed by atoms with Crippen molar-refractivity contribution >= 4 is 5.91 Å². The van der Waals surface area contributed by atoms with Crippen LogP contribution in [0.3, 0.4) is 0 Å². The molecular weight excluding hydrogens is 919 g/mol. The van der Waals surface area contributed by atoms with E-state index < -0.39 is 86.8 Å². The molecule has 2 heterocycles. The van der Waals surface area contributed by atoms with Crippen LogP contribution in [-0.2, 0) is 23.7 Å². The Morgan fingerprint density at radius 1 is 0.444 bits per heavy atom. The van der Waals surface area contributed by atoms with Crippen molar-refractivity contribution in [1.82, 2.24) is 5.32 Å². The number of amides is 1. The zero-order valence-electron chi connectivity index (χ0n) is 46.0. The number of ether oxygens (including phenoxy) is 4. The Morgan fingerprint density at radius 3 is 1.18 bits per heavy atom. The highest BCUT2D eigenvalue weighted by Crippen LogP contribution is 2.30. The van der Waals surface area contributed by atoms with Crippen LogP contribution in [0, 0.1) is 0 Å². The van der Waals surface area contributed by atoms with E-state index >= 15 is 0 Å². The minimum atomic E-state index is -1.78. The third kappa shape index (κ3) is 30.7. The monoisotopic (exact) mass is 1030 g/mol. The van der Waals surface area contributed by atoms with Crippen molar-refractivity contribution in [1.29, 1.82) is 0 Å². The van der Waals surface area contributed by atoms with Crippen LogP contribution in [0.2, 0.25) is 0 Å². The van der Waals surface area contributed by atoms with Gasteiger partial charge in [-0.3, -0.25) is 4.79 Å². The van der Waals surface area contributed by atoms with Gasteiger partial charge in [0.15, 0.2) is 12.6 Å². The second kappa shape index (κ2) is 45.1. The number of hydrogen-bond acceptors (Lipinski definition) is 13. The molecule has 0 aromatic heterocycles. The maximum Gasteiger partial charge on any atom is 0.220 e. The lowest BCUT2D eigenvalue weighted by molar-refractivity contribution is -0.359. The average molecular weight is 1030 g/mol. The molecule has 0 bridgehead atoms. The highest BCUT2D eigenvalue weighted by molar-refractivity contribution is 5.76. The smallest absolute Gasteiger partial charge is 0.220 e. The van der Waals surface area contributed by atoms with Gasteiger partial charge in [-0.25, -0.2) is 0 Å². The van der Waals surface area contributed by atoms with Crippen LogP contribution >= 0.6 is 0 Å². The fourth-order valence-corrected chi connectivity index (χ4v) is 10.4. The summed E-state index contributed by atoms with van der Waals surface area (Å²) in [6.45, 7) is 2.89. The van der Waals surface area contributed by atoms with Crippen LogP contribution in [0.25, 0.3) is 0 Å². The Labute approximate surface area is 438 Å². The largest absolute Gasteiger partial charge is 0.394 e. The standard InChI is InChI=1S/C58H113NO13/c1-3-5-7-9-11-13-15-17-18-19-20-21-22-23-24-25-26-27-28-30-31-33-35-37-39-41-47(62)46(59-50(63)42-40-38-36-34-32-29-16-14-12-10-8-6-4-2)45-69-57-55(68)53(66)56(49(44-61)71-57)72-58-54(67)52(65)51(64)48(43-60)70-58/h46-49,51-58,60-62,64-68H,3-45H2,1-2H3,(H,59,63). The molecule has 2 aliphatic rings. The molecule has 1 amide bonds. The Kier molecular flexibility index (Phi) is 42.0. The highest BCUT2D eigenvalue weighted by Gasteiger charge is 2.51. The second-order valence-corrected chi connectivity index (χ2v) is 21.8. The molecule has 2 aliphatic heterocycles. The lowest BCUT2D eigenvalue weighted by Gasteiger charge is -2.46.